The molecule has 24 heavy (non-hydrogen) atoms. The van der Waals surface area contributed by atoms with Crippen LogP contribution in [0.3, 0.4) is 0 Å². The fourth-order valence-electron chi connectivity index (χ4n) is 2.59. The van der Waals surface area contributed by atoms with Gasteiger partial charge in [0.2, 0.25) is 0 Å². The summed E-state index contributed by atoms with van der Waals surface area (Å²) < 4.78 is 5.67. The Balaban J connectivity index is 1.69. The molecule has 2 N–H and O–H groups in total. The minimum atomic E-state index is -1.05. The van der Waals surface area contributed by atoms with E-state index in [1.165, 1.54) is 23.2 Å². The number of β-amino-alcohol motifs (C(OH)–C–C–N with tert-alkyl or cyclic N) is 1. The highest BCUT2D eigenvalue weighted by Crippen LogP contribution is 2.21. The quantitative estimate of drug-likeness (QED) is 0.870. The van der Waals surface area contributed by atoms with E-state index in [0.29, 0.717) is 11.3 Å². The van der Waals surface area contributed by atoms with Gasteiger partial charge in [-0.1, -0.05) is 6.07 Å². The average molecular weight is 328 g/mol. The fourth-order valence-corrected chi connectivity index (χ4v) is 2.59. The van der Waals surface area contributed by atoms with Crippen molar-refractivity contribution in [2.75, 3.05) is 13.1 Å². The van der Waals surface area contributed by atoms with Gasteiger partial charge in [-0.2, -0.15) is 0 Å². The van der Waals surface area contributed by atoms with Gasteiger partial charge in [0.25, 0.3) is 5.91 Å². The molecule has 1 fully saturated rings. The summed E-state index contributed by atoms with van der Waals surface area (Å²) in [7, 11) is 0. The lowest BCUT2D eigenvalue weighted by Crippen LogP contribution is -2.31. The molecule has 2 heterocycles. The summed E-state index contributed by atoms with van der Waals surface area (Å²) in [6, 6.07) is 9.36. The van der Waals surface area contributed by atoms with Crippen LogP contribution in [0.25, 0.3) is 0 Å². The smallest absolute Gasteiger partial charge is 0.335 e. The summed E-state index contributed by atoms with van der Waals surface area (Å²) in [6.45, 7) is 0.364. The van der Waals surface area contributed by atoms with E-state index in [0.717, 1.165) is 0 Å². The minimum absolute atomic E-state index is 0.100. The predicted octanol–water partition coefficient (Wildman–Crippen LogP) is 1.04. The van der Waals surface area contributed by atoms with E-state index in [4.69, 9.17) is 9.84 Å². The van der Waals surface area contributed by atoms with Gasteiger partial charge in [-0.25, -0.2) is 4.79 Å². The number of carboxylic acid groups (broad SMARTS) is 1. The van der Waals surface area contributed by atoms with Crippen LogP contribution < -0.4 is 4.74 Å². The standard InChI is InChI=1S/C17H16N2O5/c20-14-9-19(16(21)12-4-2-6-18-8-12)10-15(14)24-13-5-1-3-11(7-13)17(22)23/h1-8,14-15,20H,9-10H2,(H,22,23)/t14-,15-/m1/s1. The van der Waals surface area contributed by atoms with Gasteiger partial charge in [-0.15, -0.1) is 0 Å². The molecule has 0 spiro atoms. The molecule has 1 amide bonds. The molecule has 2 atom stereocenters. The Morgan fingerprint density at radius 2 is 1.96 bits per heavy atom. The van der Waals surface area contributed by atoms with Crippen molar-refractivity contribution in [2.24, 2.45) is 0 Å². The number of hydrogen-bond donors (Lipinski definition) is 2. The summed E-state index contributed by atoms with van der Waals surface area (Å²) in [4.78, 5) is 28.8. The first-order chi connectivity index (χ1) is 11.5. The Hall–Kier alpha value is -2.93. The maximum atomic E-state index is 12.4. The summed E-state index contributed by atoms with van der Waals surface area (Å²) in [5, 5.41) is 19.1. The van der Waals surface area contributed by atoms with Crippen LogP contribution in [0, 0.1) is 0 Å². The monoisotopic (exact) mass is 328 g/mol. The van der Waals surface area contributed by atoms with E-state index in [9.17, 15) is 14.7 Å². The zero-order valence-electron chi connectivity index (χ0n) is 12.7. The van der Waals surface area contributed by atoms with Gasteiger partial charge < -0.3 is 19.8 Å². The van der Waals surface area contributed by atoms with Crippen LogP contribution in [-0.2, 0) is 0 Å². The van der Waals surface area contributed by atoms with Crippen molar-refractivity contribution in [3.8, 4) is 5.75 Å². The SMILES string of the molecule is O=C(O)c1cccc(O[C@@H]2CN(C(=O)c3cccnc3)C[C@H]2O)c1. The third-order valence-corrected chi connectivity index (χ3v) is 3.80. The number of carbonyl (C=O) groups excluding carboxylic acids is 1. The highest BCUT2D eigenvalue weighted by Gasteiger charge is 2.36. The van der Waals surface area contributed by atoms with E-state index >= 15 is 0 Å². The first-order valence-corrected chi connectivity index (χ1v) is 7.42. The molecule has 2 aromatic rings. The van der Waals surface area contributed by atoms with Crippen LogP contribution in [-0.4, -0.2) is 57.3 Å². The van der Waals surface area contributed by atoms with Gasteiger partial charge in [0.15, 0.2) is 0 Å². The maximum Gasteiger partial charge on any atom is 0.335 e. The van der Waals surface area contributed by atoms with Gasteiger partial charge in [0, 0.05) is 12.4 Å². The number of rotatable bonds is 4. The topological polar surface area (TPSA) is 100.0 Å². The molecule has 1 aromatic carbocycles. The molecular formula is C17H16N2O5. The molecule has 1 aliphatic rings. The average Bonchev–Trinajstić information content (AvgIpc) is 2.96. The number of aromatic carboxylic acids is 1. The largest absolute Gasteiger partial charge is 0.486 e. The van der Waals surface area contributed by atoms with Crippen molar-refractivity contribution in [1.82, 2.24) is 9.88 Å². The van der Waals surface area contributed by atoms with Crippen molar-refractivity contribution >= 4 is 11.9 Å². The number of amides is 1. The zero-order valence-corrected chi connectivity index (χ0v) is 12.7. The number of aliphatic hydroxyl groups is 1. The van der Waals surface area contributed by atoms with Gasteiger partial charge in [0.05, 0.1) is 24.2 Å². The molecule has 124 valence electrons. The molecule has 3 rings (SSSR count). The number of aliphatic hydroxyl groups excluding tert-OH is 1. The van der Waals surface area contributed by atoms with Crippen LogP contribution in [0.2, 0.25) is 0 Å². The third kappa shape index (κ3) is 3.36. The second-order valence-electron chi connectivity index (χ2n) is 5.51. The first kappa shape index (κ1) is 15.9. The summed E-state index contributed by atoms with van der Waals surface area (Å²) in [6.07, 6.45) is 1.59. The van der Waals surface area contributed by atoms with Crippen molar-refractivity contribution in [3.05, 3.63) is 59.9 Å². The molecule has 0 bridgehead atoms. The van der Waals surface area contributed by atoms with Crippen molar-refractivity contribution in [3.63, 3.8) is 0 Å². The molecule has 1 aromatic heterocycles. The summed E-state index contributed by atoms with van der Waals surface area (Å²) in [5.74, 6) is -0.942. The van der Waals surface area contributed by atoms with E-state index in [-0.39, 0.29) is 24.6 Å². The molecule has 0 aliphatic carbocycles. The molecular weight excluding hydrogens is 312 g/mol. The molecule has 0 unspecified atom stereocenters. The van der Waals surface area contributed by atoms with Crippen LogP contribution in [0.15, 0.2) is 48.8 Å². The number of hydrogen-bond acceptors (Lipinski definition) is 5. The van der Waals surface area contributed by atoms with E-state index in [1.54, 1.807) is 30.5 Å². The third-order valence-electron chi connectivity index (χ3n) is 3.80. The second-order valence-corrected chi connectivity index (χ2v) is 5.51. The van der Waals surface area contributed by atoms with E-state index < -0.39 is 18.2 Å². The molecule has 7 nitrogen and oxygen atoms in total. The lowest BCUT2D eigenvalue weighted by Gasteiger charge is -2.17. The molecule has 0 radical (unpaired) electrons. The van der Waals surface area contributed by atoms with Gasteiger partial charge in [0.1, 0.15) is 18.0 Å². The maximum absolute atomic E-state index is 12.4. The zero-order chi connectivity index (χ0) is 17.1. The molecule has 0 saturated carbocycles. The Bertz CT molecular complexity index is 750. The van der Waals surface area contributed by atoms with Crippen molar-refractivity contribution < 1.29 is 24.5 Å². The molecule has 1 saturated heterocycles. The number of carbonyl (C=O) groups is 2. The summed E-state index contributed by atoms with van der Waals surface area (Å²) >= 11 is 0. The Morgan fingerprint density at radius 1 is 1.17 bits per heavy atom. The second kappa shape index (κ2) is 6.67. The van der Waals surface area contributed by atoms with Gasteiger partial charge in [-0.3, -0.25) is 9.78 Å². The molecule has 1 aliphatic heterocycles. The number of pyridine rings is 1. The predicted molar refractivity (Wildman–Crippen MR) is 84.0 cm³/mol. The Kier molecular flexibility index (Phi) is 4.43. The Morgan fingerprint density at radius 3 is 2.67 bits per heavy atom. The number of benzene rings is 1. The normalized spacial score (nSPS) is 20.0. The van der Waals surface area contributed by atoms with Gasteiger partial charge in [-0.05, 0) is 30.3 Å². The van der Waals surface area contributed by atoms with Crippen molar-refractivity contribution in [2.45, 2.75) is 12.2 Å². The molecule has 7 heteroatoms. The number of ether oxygens (including phenoxy) is 1. The summed E-state index contributed by atoms with van der Waals surface area (Å²) in [5.41, 5.74) is 0.543. The van der Waals surface area contributed by atoms with E-state index in [2.05, 4.69) is 4.98 Å². The number of carboxylic acids is 1. The fraction of sp³-hybridized carbons (Fsp3) is 0.235. The lowest BCUT2D eigenvalue weighted by molar-refractivity contribution is 0.0686. The minimum Gasteiger partial charge on any atom is -0.486 e. The van der Waals surface area contributed by atoms with Crippen LogP contribution in [0.4, 0.5) is 0 Å². The van der Waals surface area contributed by atoms with Crippen molar-refractivity contribution in [1.29, 1.82) is 0 Å². The Labute approximate surface area is 138 Å². The van der Waals surface area contributed by atoms with Crippen LogP contribution >= 0.6 is 0 Å². The highest BCUT2D eigenvalue weighted by atomic mass is 16.5. The van der Waals surface area contributed by atoms with Crippen LogP contribution in [0.5, 0.6) is 5.75 Å². The highest BCUT2D eigenvalue weighted by molar-refractivity contribution is 5.94. The number of aromatic nitrogens is 1. The van der Waals surface area contributed by atoms with E-state index in [1.807, 2.05) is 0 Å². The lowest BCUT2D eigenvalue weighted by atomic mass is 10.2. The first-order valence-electron chi connectivity index (χ1n) is 7.42. The number of nitrogens with zero attached hydrogens (tertiary/aromatic N) is 2. The van der Waals surface area contributed by atoms with Gasteiger partial charge >= 0.3 is 5.97 Å². The van der Waals surface area contributed by atoms with Crippen LogP contribution in [0.1, 0.15) is 20.7 Å². The number of likely N-dealkylation sites (tertiary alicyclic amines) is 1.